The number of rotatable bonds is 4. The molecule has 0 bridgehead atoms. The van der Waals surface area contributed by atoms with Crippen molar-refractivity contribution in [3.05, 3.63) is 12.7 Å². The van der Waals surface area contributed by atoms with Crippen molar-refractivity contribution in [2.24, 2.45) is 5.92 Å². The fourth-order valence-electron chi connectivity index (χ4n) is 3.82. The van der Waals surface area contributed by atoms with E-state index in [4.69, 9.17) is 0 Å². The van der Waals surface area contributed by atoms with E-state index in [0.29, 0.717) is 18.4 Å². The molecule has 1 saturated heterocycles. The van der Waals surface area contributed by atoms with Crippen molar-refractivity contribution in [1.82, 2.24) is 19.7 Å². The fraction of sp³-hybridized carbons (Fsp3) is 0.800. The molecular weight excluding hydrogens is 252 g/mol. The van der Waals surface area contributed by atoms with Gasteiger partial charge in [0.25, 0.3) is 0 Å². The molecule has 2 aliphatic rings. The second kappa shape index (κ2) is 6.37. The molecule has 20 heavy (non-hydrogen) atoms. The molecule has 1 aliphatic carbocycles. The molecule has 0 spiro atoms. The van der Waals surface area contributed by atoms with E-state index in [1.54, 1.807) is 17.3 Å². The summed E-state index contributed by atoms with van der Waals surface area (Å²) in [6.07, 6.45) is 12.5. The minimum atomic E-state index is 0.349. The van der Waals surface area contributed by atoms with Crippen LogP contribution in [0, 0.1) is 5.92 Å². The molecule has 5 heteroatoms. The van der Waals surface area contributed by atoms with E-state index in [1.807, 2.05) is 0 Å². The average Bonchev–Trinajstić information content (AvgIpc) is 3.00. The first-order chi connectivity index (χ1) is 9.84. The van der Waals surface area contributed by atoms with Crippen LogP contribution in [0.25, 0.3) is 0 Å². The van der Waals surface area contributed by atoms with Gasteiger partial charge in [-0.2, -0.15) is 5.10 Å². The zero-order valence-corrected chi connectivity index (χ0v) is 12.1. The normalized spacial score (nSPS) is 26.3. The quantitative estimate of drug-likeness (QED) is 0.847. The van der Waals surface area contributed by atoms with Crippen LogP contribution in [0.1, 0.15) is 51.4 Å². The molecule has 0 N–H and O–H groups in total. The van der Waals surface area contributed by atoms with Crippen molar-refractivity contribution < 1.29 is 4.79 Å². The molecule has 2 atom stereocenters. The SMILES string of the molecule is O=C(CCCn1cncn1)N1CCC[C@H]2CCCC[C@H]21. The van der Waals surface area contributed by atoms with Crippen molar-refractivity contribution in [3.8, 4) is 0 Å². The third-order valence-corrected chi connectivity index (χ3v) is 4.81. The molecule has 0 unspecified atom stereocenters. The minimum Gasteiger partial charge on any atom is -0.339 e. The Bertz CT molecular complexity index is 429. The van der Waals surface area contributed by atoms with Crippen molar-refractivity contribution >= 4 is 5.91 Å². The van der Waals surface area contributed by atoms with Gasteiger partial charge in [-0.25, -0.2) is 4.98 Å². The van der Waals surface area contributed by atoms with E-state index in [2.05, 4.69) is 15.0 Å². The molecule has 1 aromatic rings. The number of piperidine rings is 1. The maximum absolute atomic E-state index is 12.5. The van der Waals surface area contributed by atoms with Gasteiger partial charge in [0.2, 0.25) is 5.91 Å². The first-order valence-electron chi connectivity index (χ1n) is 7.96. The largest absolute Gasteiger partial charge is 0.339 e. The number of carbonyl (C=O) groups excluding carboxylic acids is 1. The smallest absolute Gasteiger partial charge is 0.222 e. The van der Waals surface area contributed by atoms with E-state index in [1.165, 1.54) is 38.5 Å². The highest BCUT2D eigenvalue weighted by molar-refractivity contribution is 5.76. The monoisotopic (exact) mass is 276 g/mol. The predicted molar refractivity (Wildman–Crippen MR) is 75.9 cm³/mol. The summed E-state index contributed by atoms with van der Waals surface area (Å²) in [6, 6.07) is 0.538. The molecule has 1 aromatic heterocycles. The van der Waals surface area contributed by atoms with Crippen LogP contribution in [-0.4, -0.2) is 38.2 Å². The van der Waals surface area contributed by atoms with Crippen LogP contribution in [0.2, 0.25) is 0 Å². The molecule has 2 fully saturated rings. The summed E-state index contributed by atoms with van der Waals surface area (Å²) in [6.45, 7) is 1.76. The highest BCUT2D eigenvalue weighted by Crippen LogP contribution is 2.35. The number of carbonyl (C=O) groups is 1. The Balaban J connectivity index is 1.50. The number of amides is 1. The van der Waals surface area contributed by atoms with Gasteiger partial charge in [0.05, 0.1) is 0 Å². The molecule has 0 radical (unpaired) electrons. The van der Waals surface area contributed by atoms with Gasteiger partial charge in [-0.15, -0.1) is 0 Å². The van der Waals surface area contributed by atoms with E-state index in [-0.39, 0.29) is 0 Å². The molecule has 0 aromatic carbocycles. The number of aromatic nitrogens is 3. The molecule has 110 valence electrons. The van der Waals surface area contributed by atoms with Gasteiger partial charge in [0.15, 0.2) is 0 Å². The van der Waals surface area contributed by atoms with Gasteiger partial charge in [0, 0.05) is 25.6 Å². The van der Waals surface area contributed by atoms with Crippen LogP contribution in [0.3, 0.4) is 0 Å². The maximum Gasteiger partial charge on any atom is 0.222 e. The van der Waals surface area contributed by atoms with Crippen LogP contribution >= 0.6 is 0 Å². The van der Waals surface area contributed by atoms with Crippen LogP contribution < -0.4 is 0 Å². The summed E-state index contributed by atoms with van der Waals surface area (Å²) in [5.74, 6) is 1.12. The fourth-order valence-corrected chi connectivity index (χ4v) is 3.82. The number of aryl methyl sites for hydroxylation is 1. The summed E-state index contributed by atoms with van der Waals surface area (Å²) in [7, 11) is 0. The number of nitrogens with zero attached hydrogens (tertiary/aromatic N) is 4. The molecular formula is C15H24N4O. The summed E-state index contributed by atoms with van der Waals surface area (Å²) < 4.78 is 1.80. The Labute approximate surface area is 120 Å². The Morgan fingerprint density at radius 3 is 2.90 bits per heavy atom. The Morgan fingerprint density at radius 2 is 2.05 bits per heavy atom. The lowest BCUT2D eigenvalue weighted by atomic mass is 9.78. The van der Waals surface area contributed by atoms with Gasteiger partial charge in [-0.05, 0) is 38.0 Å². The standard InChI is InChI=1S/C15H24N4O/c20-15(8-4-9-18-12-16-11-17-18)19-10-3-6-13-5-1-2-7-14(13)19/h11-14H,1-10H2/t13-,14-/m1/s1. The van der Waals surface area contributed by atoms with Crippen molar-refractivity contribution in [2.45, 2.75) is 64.0 Å². The van der Waals surface area contributed by atoms with Gasteiger partial charge in [-0.3, -0.25) is 9.48 Å². The van der Waals surface area contributed by atoms with Crippen LogP contribution in [0.15, 0.2) is 12.7 Å². The summed E-state index contributed by atoms with van der Waals surface area (Å²) in [5.41, 5.74) is 0. The van der Waals surface area contributed by atoms with Crippen molar-refractivity contribution in [1.29, 1.82) is 0 Å². The Hall–Kier alpha value is -1.39. The topological polar surface area (TPSA) is 51.0 Å². The average molecular weight is 276 g/mol. The third kappa shape index (κ3) is 3.02. The van der Waals surface area contributed by atoms with Gasteiger partial charge >= 0.3 is 0 Å². The van der Waals surface area contributed by atoms with E-state index >= 15 is 0 Å². The molecule has 1 amide bonds. The van der Waals surface area contributed by atoms with Crippen molar-refractivity contribution in [3.63, 3.8) is 0 Å². The molecule has 3 rings (SSSR count). The Morgan fingerprint density at radius 1 is 1.20 bits per heavy atom. The number of hydrogen-bond donors (Lipinski definition) is 0. The maximum atomic E-state index is 12.5. The van der Waals surface area contributed by atoms with E-state index in [9.17, 15) is 4.79 Å². The van der Waals surface area contributed by atoms with Crippen molar-refractivity contribution in [2.75, 3.05) is 6.54 Å². The van der Waals surface area contributed by atoms with E-state index in [0.717, 1.165) is 25.4 Å². The van der Waals surface area contributed by atoms with Crippen LogP contribution in [-0.2, 0) is 11.3 Å². The summed E-state index contributed by atoms with van der Waals surface area (Å²) in [5, 5.41) is 4.07. The van der Waals surface area contributed by atoms with Gasteiger partial charge in [0.1, 0.15) is 12.7 Å². The lowest BCUT2D eigenvalue weighted by molar-refractivity contribution is -0.137. The van der Waals surface area contributed by atoms with Gasteiger partial charge < -0.3 is 4.90 Å². The zero-order chi connectivity index (χ0) is 13.8. The highest BCUT2D eigenvalue weighted by Gasteiger charge is 2.35. The summed E-state index contributed by atoms with van der Waals surface area (Å²) in [4.78, 5) is 18.6. The lowest BCUT2D eigenvalue weighted by Crippen LogP contribution is -2.49. The molecule has 1 saturated carbocycles. The van der Waals surface area contributed by atoms with E-state index < -0.39 is 0 Å². The lowest BCUT2D eigenvalue weighted by Gasteiger charge is -2.44. The van der Waals surface area contributed by atoms with Crippen LogP contribution in [0.4, 0.5) is 0 Å². The zero-order valence-electron chi connectivity index (χ0n) is 12.1. The van der Waals surface area contributed by atoms with Crippen LogP contribution in [0.5, 0.6) is 0 Å². The Kier molecular flexibility index (Phi) is 4.33. The third-order valence-electron chi connectivity index (χ3n) is 4.81. The molecule has 5 nitrogen and oxygen atoms in total. The highest BCUT2D eigenvalue weighted by atomic mass is 16.2. The minimum absolute atomic E-state index is 0.349. The molecule has 1 aliphatic heterocycles. The van der Waals surface area contributed by atoms with Gasteiger partial charge in [-0.1, -0.05) is 12.8 Å². The second-order valence-corrected chi connectivity index (χ2v) is 6.10. The first kappa shape index (κ1) is 13.6. The molecule has 2 heterocycles. The summed E-state index contributed by atoms with van der Waals surface area (Å²) >= 11 is 0. The number of fused-ring (bicyclic) bond motifs is 1. The predicted octanol–water partition coefficient (Wildman–Crippen LogP) is 2.24. The number of likely N-dealkylation sites (tertiary alicyclic amines) is 1. The second-order valence-electron chi connectivity index (χ2n) is 6.10. The first-order valence-corrected chi connectivity index (χ1v) is 7.96. The number of hydrogen-bond acceptors (Lipinski definition) is 3.